The molecule has 1 aromatic heterocycles. The van der Waals surface area contributed by atoms with E-state index in [9.17, 15) is 24.3 Å². The standard InChI is InChI=1S/C24H33N5O5/c1-3-14(2)21(25)23(32)29-10-6-9-19(29)22(31)27-13-20(30)28-18(24(33)34)11-15-12-26-17-8-5-4-7-16(15)17/h4-5,7-8,12,14,18-19,21,26H,3,6,9-11,13,25H2,1-2H3,(H,27,31)(H,28,30)(H,33,34). The lowest BCUT2D eigenvalue weighted by atomic mass is 9.98. The summed E-state index contributed by atoms with van der Waals surface area (Å²) in [5.41, 5.74) is 7.71. The Hall–Kier alpha value is -3.40. The van der Waals surface area contributed by atoms with Crippen molar-refractivity contribution in [3.63, 3.8) is 0 Å². The summed E-state index contributed by atoms with van der Waals surface area (Å²) in [6.07, 6.45) is 3.74. The van der Waals surface area contributed by atoms with Crippen LogP contribution < -0.4 is 16.4 Å². The number of hydrogen-bond donors (Lipinski definition) is 5. The third-order valence-electron chi connectivity index (χ3n) is 6.54. The molecule has 10 heteroatoms. The number of carboxylic acid groups (broad SMARTS) is 1. The van der Waals surface area contributed by atoms with E-state index < -0.39 is 35.9 Å². The number of carboxylic acids is 1. The van der Waals surface area contributed by atoms with Crippen LogP contribution in [0.25, 0.3) is 10.9 Å². The summed E-state index contributed by atoms with van der Waals surface area (Å²) in [6, 6.07) is 4.98. The highest BCUT2D eigenvalue weighted by Crippen LogP contribution is 2.21. The van der Waals surface area contributed by atoms with E-state index in [1.807, 2.05) is 38.1 Å². The van der Waals surface area contributed by atoms with E-state index in [0.29, 0.717) is 19.4 Å². The molecule has 4 atom stereocenters. The van der Waals surface area contributed by atoms with Crippen LogP contribution in [0.3, 0.4) is 0 Å². The summed E-state index contributed by atoms with van der Waals surface area (Å²) < 4.78 is 0. The van der Waals surface area contributed by atoms with Gasteiger partial charge in [0.05, 0.1) is 12.6 Å². The molecule has 6 N–H and O–H groups in total. The van der Waals surface area contributed by atoms with Gasteiger partial charge in [0.2, 0.25) is 17.7 Å². The first kappa shape index (κ1) is 25.2. The van der Waals surface area contributed by atoms with Crippen molar-refractivity contribution in [2.24, 2.45) is 11.7 Å². The van der Waals surface area contributed by atoms with Crippen LogP contribution in [0.15, 0.2) is 30.5 Å². The maximum atomic E-state index is 12.7. The molecule has 1 fully saturated rings. The van der Waals surface area contributed by atoms with Gasteiger partial charge in [-0.3, -0.25) is 14.4 Å². The van der Waals surface area contributed by atoms with Gasteiger partial charge in [0.25, 0.3) is 0 Å². The maximum Gasteiger partial charge on any atom is 0.326 e. The Morgan fingerprint density at radius 1 is 1.26 bits per heavy atom. The monoisotopic (exact) mass is 471 g/mol. The quantitative estimate of drug-likeness (QED) is 0.344. The number of fused-ring (bicyclic) bond motifs is 1. The molecule has 1 aliphatic rings. The van der Waals surface area contributed by atoms with Gasteiger partial charge in [0.1, 0.15) is 12.1 Å². The molecule has 3 rings (SSSR count). The summed E-state index contributed by atoms with van der Waals surface area (Å²) in [7, 11) is 0. The molecule has 1 aliphatic heterocycles. The minimum atomic E-state index is -1.17. The summed E-state index contributed by atoms with van der Waals surface area (Å²) in [5.74, 6) is -2.50. The smallest absolute Gasteiger partial charge is 0.326 e. The molecule has 2 aromatic rings. The third kappa shape index (κ3) is 5.74. The van der Waals surface area contributed by atoms with Gasteiger partial charge < -0.3 is 31.4 Å². The van der Waals surface area contributed by atoms with E-state index in [-0.39, 0.29) is 24.8 Å². The SMILES string of the molecule is CCC(C)C(N)C(=O)N1CCCC1C(=O)NCC(=O)NC(Cc1c[nH]c2ccccc12)C(=O)O. The number of aromatic amines is 1. The van der Waals surface area contributed by atoms with Gasteiger partial charge in [-0.1, -0.05) is 38.5 Å². The van der Waals surface area contributed by atoms with E-state index in [2.05, 4.69) is 15.6 Å². The second kappa shape index (κ2) is 11.1. The number of para-hydroxylation sites is 1. The lowest BCUT2D eigenvalue weighted by molar-refractivity contribution is -0.142. The number of aliphatic carboxylic acids is 1. The van der Waals surface area contributed by atoms with E-state index in [1.54, 1.807) is 6.20 Å². The van der Waals surface area contributed by atoms with E-state index >= 15 is 0 Å². The molecule has 3 amide bonds. The minimum Gasteiger partial charge on any atom is -0.480 e. The highest BCUT2D eigenvalue weighted by Gasteiger charge is 2.37. The first-order chi connectivity index (χ1) is 16.2. The number of hydrogen-bond acceptors (Lipinski definition) is 5. The van der Waals surface area contributed by atoms with Crippen molar-refractivity contribution in [3.8, 4) is 0 Å². The van der Waals surface area contributed by atoms with Gasteiger partial charge in [-0.05, 0) is 30.4 Å². The minimum absolute atomic E-state index is 0.00677. The fourth-order valence-corrected chi connectivity index (χ4v) is 4.24. The Balaban J connectivity index is 1.55. The molecular weight excluding hydrogens is 438 g/mol. The average Bonchev–Trinajstić information content (AvgIpc) is 3.48. The number of nitrogens with zero attached hydrogens (tertiary/aromatic N) is 1. The van der Waals surface area contributed by atoms with Crippen LogP contribution in [0.1, 0.15) is 38.7 Å². The van der Waals surface area contributed by atoms with Crippen molar-refractivity contribution >= 4 is 34.6 Å². The number of nitrogens with one attached hydrogen (secondary N) is 3. The van der Waals surface area contributed by atoms with Crippen LogP contribution in [0.5, 0.6) is 0 Å². The van der Waals surface area contributed by atoms with Crippen molar-refractivity contribution in [2.75, 3.05) is 13.1 Å². The summed E-state index contributed by atoms with van der Waals surface area (Å²) in [6.45, 7) is 3.91. The van der Waals surface area contributed by atoms with Gasteiger partial charge in [0, 0.05) is 30.1 Å². The molecule has 0 bridgehead atoms. The summed E-state index contributed by atoms with van der Waals surface area (Å²) in [4.78, 5) is 54.2. The molecule has 1 saturated heterocycles. The van der Waals surface area contributed by atoms with E-state index in [0.717, 1.165) is 22.9 Å². The zero-order valence-electron chi connectivity index (χ0n) is 19.5. The number of rotatable bonds is 10. The molecule has 4 unspecified atom stereocenters. The number of H-pyrrole nitrogens is 1. The van der Waals surface area contributed by atoms with Gasteiger partial charge in [-0.15, -0.1) is 0 Å². The lowest BCUT2D eigenvalue weighted by Crippen LogP contribution is -2.54. The van der Waals surface area contributed by atoms with Gasteiger partial charge in [0.15, 0.2) is 0 Å². The molecule has 184 valence electrons. The van der Waals surface area contributed by atoms with Crippen LogP contribution in [0.2, 0.25) is 0 Å². The lowest BCUT2D eigenvalue weighted by Gasteiger charge is -2.28. The van der Waals surface area contributed by atoms with Crippen LogP contribution in [0, 0.1) is 5.92 Å². The van der Waals surface area contributed by atoms with Crippen LogP contribution in [-0.2, 0) is 25.6 Å². The van der Waals surface area contributed by atoms with Gasteiger partial charge in [-0.2, -0.15) is 0 Å². The Morgan fingerprint density at radius 3 is 2.71 bits per heavy atom. The van der Waals surface area contributed by atoms with Crippen molar-refractivity contribution in [1.82, 2.24) is 20.5 Å². The molecule has 0 radical (unpaired) electrons. The number of likely N-dealkylation sites (tertiary alicyclic amines) is 1. The van der Waals surface area contributed by atoms with Crippen molar-refractivity contribution in [2.45, 2.75) is 57.7 Å². The fraction of sp³-hybridized carbons (Fsp3) is 0.500. The number of nitrogens with two attached hydrogens (primary N) is 1. The number of aromatic nitrogens is 1. The fourth-order valence-electron chi connectivity index (χ4n) is 4.24. The summed E-state index contributed by atoms with van der Waals surface area (Å²) in [5, 5.41) is 15.5. The number of carbonyl (C=O) groups is 4. The number of carbonyl (C=O) groups excluding carboxylic acids is 3. The van der Waals surface area contributed by atoms with E-state index in [1.165, 1.54) is 4.90 Å². The number of benzene rings is 1. The summed E-state index contributed by atoms with van der Waals surface area (Å²) >= 11 is 0. The Labute approximate surface area is 198 Å². The molecule has 34 heavy (non-hydrogen) atoms. The van der Waals surface area contributed by atoms with Crippen molar-refractivity contribution in [1.29, 1.82) is 0 Å². The first-order valence-corrected chi connectivity index (χ1v) is 11.6. The molecule has 1 aromatic carbocycles. The zero-order valence-corrected chi connectivity index (χ0v) is 19.5. The molecule has 10 nitrogen and oxygen atoms in total. The van der Waals surface area contributed by atoms with Crippen molar-refractivity contribution in [3.05, 3.63) is 36.0 Å². The highest BCUT2D eigenvalue weighted by atomic mass is 16.4. The van der Waals surface area contributed by atoms with Crippen LogP contribution in [0.4, 0.5) is 0 Å². The Morgan fingerprint density at radius 2 is 2.00 bits per heavy atom. The molecule has 2 heterocycles. The van der Waals surface area contributed by atoms with E-state index in [4.69, 9.17) is 5.73 Å². The molecule has 0 saturated carbocycles. The predicted molar refractivity (Wildman–Crippen MR) is 127 cm³/mol. The Kier molecular flexibility index (Phi) is 8.27. The molecule has 0 spiro atoms. The predicted octanol–water partition coefficient (Wildman–Crippen LogP) is 0.760. The Bertz CT molecular complexity index is 1050. The topological polar surface area (TPSA) is 158 Å². The molecule has 0 aliphatic carbocycles. The normalized spacial score (nSPS) is 18.3. The second-order valence-corrected chi connectivity index (χ2v) is 8.84. The van der Waals surface area contributed by atoms with Crippen molar-refractivity contribution < 1.29 is 24.3 Å². The number of amides is 3. The largest absolute Gasteiger partial charge is 0.480 e. The average molecular weight is 472 g/mol. The zero-order chi connectivity index (χ0) is 24.8. The molecular formula is C24H33N5O5. The van der Waals surface area contributed by atoms with Gasteiger partial charge in [-0.25, -0.2) is 4.79 Å². The van der Waals surface area contributed by atoms with Crippen LogP contribution >= 0.6 is 0 Å². The third-order valence-corrected chi connectivity index (χ3v) is 6.54. The van der Waals surface area contributed by atoms with Gasteiger partial charge >= 0.3 is 5.97 Å². The second-order valence-electron chi connectivity index (χ2n) is 8.84. The first-order valence-electron chi connectivity index (χ1n) is 11.6. The van der Waals surface area contributed by atoms with Crippen LogP contribution in [-0.4, -0.2) is 69.9 Å². The highest BCUT2D eigenvalue weighted by molar-refractivity contribution is 5.93. The maximum absolute atomic E-state index is 12.7.